The first-order valence-electron chi connectivity index (χ1n) is 6.44. The van der Waals surface area contributed by atoms with Crippen LogP contribution in [0, 0.1) is 0 Å². The van der Waals surface area contributed by atoms with Gasteiger partial charge in [0, 0.05) is 11.4 Å². The van der Waals surface area contributed by atoms with Crippen molar-refractivity contribution in [3.63, 3.8) is 0 Å². The lowest BCUT2D eigenvalue weighted by atomic mass is 10.1. The average molecular weight is 321 g/mol. The van der Waals surface area contributed by atoms with E-state index in [0.29, 0.717) is 17.7 Å². The van der Waals surface area contributed by atoms with Crippen molar-refractivity contribution in [2.24, 2.45) is 0 Å². The highest BCUT2D eigenvalue weighted by molar-refractivity contribution is 7.16. The van der Waals surface area contributed by atoms with Crippen LogP contribution in [-0.2, 0) is 6.54 Å². The van der Waals surface area contributed by atoms with Gasteiger partial charge in [0.05, 0.1) is 22.1 Å². The summed E-state index contributed by atoms with van der Waals surface area (Å²) in [7, 11) is 1.87. The van der Waals surface area contributed by atoms with E-state index < -0.39 is 0 Å². The smallest absolute Gasteiger partial charge is 0.262 e. The number of fused-ring (bicyclic) bond motifs is 1. The molecule has 0 spiro atoms. The molecule has 108 valence electrons. The number of carbonyl (C=O) groups excluding carboxylic acids is 2. The van der Waals surface area contributed by atoms with Crippen molar-refractivity contribution in [1.29, 1.82) is 0 Å². The van der Waals surface area contributed by atoms with Crippen LogP contribution in [0.25, 0.3) is 0 Å². The van der Waals surface area contributed by atoms with Gasteiger partial charge < -0.3 is 0 Å². The minimum Gasteiger partial charge on any atom is -0.283 e. The molecule has 1 aromatic carbocycles. The quantitative estimate of drug-likeness (QED) is 0.813. The van der Waals surface area contributed by atoms with Crippen molar-refractivity contribution < 1.29 is 9.59 Å². The van der Waals surface area contributed by atoms with Crippen LogP contribution in [-0.4, -0.2) is 35.3 Å². The van der Waals surface area contributed by atoms with Gasteiger partial charge in [0.2, 0.25) is 0 Å². The van der Waals surface area contributed by atoms with Crippen LogP contribution in [0.15, 0.2) is 36.4 Å². The largest absolute Gasteiger partial charge is 0.283 e. The predicted molar refractivity (Wildman–Crippen MR) is 82.6 cm³/mol. The molecule has 3 rings (SSSR count). The number of benzene rings is 1. The molecule has 0 N–H and O–H groups in total. The number of imide groups is 1. The second-order valence-corrected chi connectivity index (χ2v) is 6.74. The van der Waals surface area contributed by atoms with Gasteiger partial charge in [0.25, 0.3) is 11.8 Å². The van der Waals surface area contributed by atoms with E-state index in [1.54, 1.807) is 24.3 Å². The second-order valence-electron chi connectivity index (χ2n) is 4.95. The lowest BCUT2D eigenvalue weighted by Gasteiger charge is -2.22. The molecule has 0 bridgehead atoms. The van der Waals surface area contributed by atoms with Gasteiger partial charge in [-0.3, -0.25) is 19.4 Å². The fraction of sp³-hybridized carbons (Fsp3) is 0.200. The van der Waals surface area contributed by atoms with Crippen LogP contribution in [0.5, 0.6) is 0 Å². The van der Waals surface area contributed by atoms with E-state index in [-0.39, 0.29) is 18.5 Å². The lowest BCUT2D eigenvalue weighted by molar-refractivity contribution is 0.0560. The summed E-state index contributed by atoms with van der Waals surface area (Å²) in [5.74, 6) is -0.460. The normalized spacial score (nSPS) is 14.1. The van der Waals surface area contributed by atoms with Crippen LogP contribution >= 0.6 is 22.9 Å². The van der Waals surface area contributed by atoms with Crippen LogP contribution < -0.4 is 0 Å². The number of hydrogen-bond acceptors (Lipinski definition) is 4. The molecular weight excluding hydrogens is 308 g/mol. The molecule has 1 aliphatic heterocycles. The van der Waals surface area contributed by atoms with Crippen molar-refractivity contribution in [2.75, 3.05) is 13.7 Å². The van der Waals surface area contributed by atoms with Crippen molar-refractivity contribution in [3.8, 4) is 0 Å². The highest BCUT2D eigenvalue weighted by atomic mass is 35.5. The van der Waals surface area contributed by atoms with Crippen molar-refractivity contribution in [2.45, 2.75) is 6.54 Å². The molecule has 21 heavy (non-hydrogen) atoms. The summed E-state index contributed by atoms with van der Waals surface area (Å²) in [6, 6.07) is 10.7. The lowest BCUT2D eigenvalue weighted by Crippen LogP contribution is -2.39. The number of halogens is 1. The van der Waals surface area contributed by atoms with Gasteiger partial charge in [-0.15, -0.1) is 11.3 Å². The van der Waals surface area contributed by atoms with E-state index in [1.807, 2.05) is 24.1 Å². The van der Waals surface area contributed by atoms with Gasteiger partial charge >= 0.3 is 0 Å². The summed E-state index contributed by atoms with van der Waals surface area (Å²) >= 11 is 7.40. The summed E-state index contributed by atoms with van der Waals surface area (Å²) in [6.45, 7) is 0.909. The Bertz CT molecular complexity index is 678. The molecule has 0 unspecified atom stereocenters. The molecular formula is C15H13ClN2O2S. The highest BCUT2D eigenvalue weighted by Gasteiger charge is 2.35. The Labute approximate surface area is 131 Å². The summed E-state index contributed by atoms with van der Waals surface area (Å²) in [4.78, 5) is 28.8. The minimum atomic E-state index is -0.230. The van der Waals surface area contributed by atoms with Gasteiger partial charge in [0.15, 0.2) is 0 Å². The topological polar surface area (TPSA) is 40.6 Å². The first-order valence-corrected chi connectivity index (χ1v) is 7.63. The monoisotopic (exact) mass is 320 g/mol. The van der Waals surface area contributed by atoms with Crippen LogP contribution in [0.1, 0.15) is 25.6 Å². The third-order valence-corrected chi connectivity index (χ3v) is 4.53. The Morgan fingerprint density at radius 1 is 1.10 bits per heavy atom. The molecule has 0 saturated heterocycles. The van der Waals surface area contributed by atoms with Crippen LogP contribution in [0.3, 0.4) is 0 Å². The fourth-order valence-corrected chi connectivity index (χ4v) is 3.53. The third-order valence-electron chi connectivity index (χ3n) is 3.32. The van der Waals surface area contributed by atoms with Gasteiger partial charge in [-0.05, 0) is 31.3 Å². The molecule has 0 fully saturated rings. The van der Waals surface area contributed by atoms with E-state index in [4.69, 9.17) is 11.6 Å². The Balaban J connectivity index is 1.71. The maximum absolute atomic E-state index is 12.3. The summed E-state index contributed by atoms with van der Waals surface area (Å²) in [5, 5.41) is 0. The number of nitrogens with zero attached hydrogens (tertiary/aromatic N) is 2. The second kappa shape index (κ2) is 5.60. The molecule has 2 heterocycles. The molecule has 0 radical (unpaired) electrons. The SMILES string of the molecule is CN(Cc1ccc(Cl)s1)CN1C(=O)c2ccccc2C1=O. The van der Waals surface area contributed by atoms with Gasteiger partial charge in [-0.1, -0.05) is 23.7 Å². The Kier molecular flexibility index (Phi) is 3.80. The van der Waals surface area contributed by atoms with Crippen LogP contribution in [0.4, 0.5) is 0 Å². The first kappa shape index (κ1) is 14.3. The van der Waals surface area contributed by atoms with Crippen molar-refractivity contribution in [1.82, 2.24) is 9.80 Å². The Morgan fingerprint density at radius 3 is 2.24 bits per heavy atom. The number of rotatable bonds is 4. The van der Waals surface area contributed by atoms with E-state index in [9.17, 15) is 9.59 Å². The summed E-state index contributed by atoms with van der Waals surface area (Å²) in [6.07, 6.45) is 0. The first-order chi connectivity index (χ1) is 10.1. The van der Waals surface area contributed by atoms with E-state index >= 15 is 0 Å². The number of thiophene rings is 1. The van der Waals surface area contributed by atoms with E-state index in [2.05, 4.69) is 0 Å². The van der Waals surface area contributed by atoms with Crippen LogP contribution in [0.2, 0.25) is 4.34 Å². The predicted octanol–water partition coefficient (Wildman–Crippen LogP) is 3.09. The third kappa shape index (κ3) is 2.72. The molecule has 0 saturated carbocycles. The van der Waals surface area contributed by atoms with E-state index in [0.717, 1.165) is 9.21 Å². The zero-order chi connectivity index (χ0) is 15.0. The Morgan fingerprint density at radius 2 is 1.71 bits per heavy atom. The number of hydrogen-bond donors (Lipinski definition) is 0. The van der Waals surface area contributed by atoms with Gasteiger partial charge in [-0.25, -0.2) is 0 Å². The summed E-state index contributed by atoms with van der Waals surface area (Å²) in [5.41, 5.74) is 0.963. The molecule has 1 aromatic heterocycles. The Hall–Kier alpha value is -1.69. The van der Waals surface area contributed by atoms with Gasteiger partial charge in [-0.2, -0.15) is 0 Å². The average Bonchev–Trinajstić information content (AvgIpc) is 2.97. The number of carbonyl (C=O) groups is 2. The summed E-state index contributed by atoms with van der Waals surface area (Å²) < 4.78 is 0.735. The maximum atomic E-state index is 12.3. The molecule has 0 aliphatic carbocycles. The zero-order valence-corrected chi connectivity index (χ0v) is 12.9. The molecule has 1 aliphatic rings. The zero-order valence-electron chi connectivity index (χ0n) is 11.4. The molecule has 4 nitrogen and oxygen atoms in total. The minimum absolute atomic E-state index is 0.230. The molecule has 2 amide bonds. The maximum Gasteiger partial charge on any atom is 0.262 e. The van der Waals surface area contributed by atoms with Crippen molar-refractivity contribution >= 4 is 34.8 Å². The molecule has 6 heteroatoms. The molecule has 0 atom stereocenters. The fourth-order valence-electron chi connectivity index (χ4n) is 2.36. The van der Waals surface area contributed by atoms with E-state index in [1.165, 1.54) is 16.2 Å². The van der Waals surface area contributed by atoms with Gasteiger partial charge in [0.1, 0.15) is 0 Å². The highest BCUT2D eigenvalue weighted by Crippen LogP contribution is 2.24. The van der Waals surface area contributed by atoms with Crippen molar-refractivity contribution in [3.05, 3.63) is 56.7 Å². The number of amides is 2. The molecule has 2 aromatic rings. The standard InChI is InChI=1S/C15H13ClN2O2S/c1-17(8-10-6-7-13(16)21-10)9-18-14(19)11-4-2-3-5-12(11)15(18)20/h2-7H,8-9H2,1H3.